The second-order valence-electron chi connectivity index (χ2n) is 7.95. The van der Waals surface area contributed by atoms with Crippen molar-refractivity contribution in [1.82, 2.24) is 15.5 Å². The molecule has 0 radical (unpaired) electrons. The second kappa shape index (κ2) is 12.7. The number of halogens is 1. The van der Waals surface area contributed by atoms with Gasteiger partial charge in [0.05, 0.1) is 25.9 Å². The molecule has 0 spiro atoms. The average Bonchev–Trinajstić information content (AvgIpc) is 3.26. The van der Waals surface area contributed by atoms with Crippen molar-refractivity contribution in [3.05, 3.63) is 54.1 Å². The third-order valence-electron chi connectivity index (χ3n) is 5.77. The van der Waals surface area contributed by atoms with Crippen LogP contribution in [-0.4, -0.2) is 71.9 Å². The van der Waals surface area contributed by atoms with E-state index in [0.717, 1.165) is 49.2 Å². The molecule has 2 aromatic carbocycles. The fourth-order valence-electron chi connectivity index (χ4n) is 3.99. The maximum absolute atomic E-state index is 5.53. The van der Waals surface area contributed by atoms with Gasteiger partial charge in [-0.25, -0.2) is 0 Å². The highest BCUT2D eigenvalue weighted by Crippen LogP contribution is 2.30. The standard InChI is InChI=1S/C24H35N5O2.HI/c1-25-24(26-16-22(28(2)3)18-10-12-20(30-4)13-11-18)27-19-14-15-29(17-19)21-8-6-7-9-23(21)31-5;/h6-13,19,22H,14-17H2,1-5H3,(H2,25,26,27);1H. The molecule has 1 aliphatic heterocycles. The molecule has 0 saturated carbocycles. The Balaban J connectivity index is 0.00000363. The van der Waals surface area contributed by atoms with Gasteiger partial charge in [0.2, 0.25) is 0 Å². The van der Waals surface area contributed by atoms with Gasteiger partial charge >= 0.3 is 0 Å². The van der Waals surface area contributed by atoms with Crippen molar-refractivity contribution in [3.8, 4) is 11.5 Å². The van der Waals surface area contributed by atoms with Crippen LogP contribution >= 0.6 is 24.0 Å². The first-order valence-corrected chi connectivity index (χ1v) is 10.7. The van der Waals surface area contributed by atoms with Crippen molar-refractivity contribution in [1.29, 1.82) is 0 Å². The molecule has 2 N–H and O–H groups in total. The molecule has 1 heterocycles. The van der Waals surface area contributed by atoms with Gasteiger partial charge in [0.15, 0.2) is 5.96 Å². The summed E-state index contributed by atoms with van der Waals surface area (Å²) in [5, 5.41) is 7.09. The van der Waals surface area contributed by atoms with Crippen molar-refractivity contribution in [2.24, 2.45) is 4.99 Å². The molecule has 8 heteroatoms. The topological polar surface area (TPSA) is 61.4 Å². The molecule has 0 aromatic heterocycles. The lowest BCUT2D eigenvalue weighted by Gasteiger charge is -2.27. The molecule has 32 heavy (non-hydrogen) atoms. The number of nitrogens with one attached hydrogen (secondary N) is 2. The Morgan fingerprint density at radius 2 is 1.84 bits per heavy atom. The van der Waals surface area contributed by atoms with Crippen molar-refractivity contribution in [2.45, 2.75) is 18.5 Å². The molecule has 1 saturated heterocycles. The number of hydrogen-bond donors (Lipinski definition) is 2. The van der Waals surface area contributed by atoms with Gasteiger partial charge in [-0.05, 0) is 50.3 Å². The lowest BCUT2D eigenvalue weighted by molar-refractivity contribution is 0.297. The Morgan fingerprint density at radius 3 is 2.47 bits per heavy atom. The van der Waals surface area contributed by atoms with Gasteiger partial charge in [0, 0.05) is 32.7 Å². The first-order chi connectivity index (χ1) is 15.0. The number of guanidine groups is 1. The van der Waals surface area contributed by atoms with Crippen LogP contribution in [0.1, 0.15) is 18.0 Å². The van der Waals surface area contributed by atoms with Gasteiger partial charge < -0.3 is 29.9 Å². The predicted octanol–water partition coefficient (Wildman–Crippen LogP) is 3.37. The van der Waals surface area contributed by atoms with Gasteiger partial charge in [-0.15, -0.1) is 24.0 Å². The average molecular weight is 553 g/mol. The molecule has 0 aliphatic carbocycles. The minimum Gasteiger partial charge on any atom is -0.497 e. The fourth-order valence-corrected chi connectivity index (χ4v) is 3.99. The van der Waals surface area contributed by atoms with Crippen LogP contribution in [0.3, 0.4) is 0 Å². The number of ether oxygens (including phenoxy) is 2. The normalized spacial score (nSPS) is 17.0. The van der Waals surface area contributed by atoms with E-state index in [1.807, 2.05) is 31.3 Å². The maximum Gasteiger partial charge on any atom is 0.191 e. The van der Waals surface area contributed by atoms with Crippen molar-refractivity contribution < 1.29 is 9.47 Å². The highest BCUT2D eigenvalue weighted by Gasteiger charge is 2.25. The van der Waals surface area contributed by atoms with Crippen molar-refractivity contribution >= 4 is 35.6 Å². The highest BCUT2D eigenvalue weighted by molar-refractivity contribution is 14.0. The smallest absolute Gasteiger partial charge is 0.191 e. The quantitative estimate of drug-likeness (QED) is 0.297. The Labute approximate surface area is 209 Å². The van der Waals surface area contributed by atoms with Crippen molar-refractivity contribution in [2.75, 3.05) is 59.9 Å². The zero-order chi connectivity index (χ0) is 22.2. The summed E-state index contributed by atoms with van der Waals surface area (Å²) in [6.45, 7) is 2.65. The predicted molar refractivity (Wildman–Crippen MR) is 143 cm³/mol. The van der Waals surface area contributed by atoms with Crippen LogP contribution in [0, 0.1) is 0 Å². The van der Waals surface area contributed by atoms with Crippen LogP contribution in [0.5, 0.6) is 11.5 Å². The lowest BCUT2D eigenvalue weighted by Crippen LogP contribution is -2.46. The van der Waals surface area contributed by atoms with Crippen LogP contribution < -0.4 is 25.0 Å². The maximum atomic E-state index is 5.53. The summed E-state index contributed by atoms with van der Waals surface area (Å²) in [5.74, 6) is 2.61. The Hall–Kier alpha value is -2.20. The van der Waals surface area contributed by atoms with E-state index in [2.05, 4.69) is 63.8 Å². The molecular weight excluding hydrogens is 517 g/mol. The number of hydrogen-bond acceptors (Lipinski definition) is 5. The molecule has 2 unspecified atom stereocenters. The second-order valence-corrected chi connectivity index (χ2v) is 7.95. The number of para-hydroxylation sites is 2. The Kier molecular flexibility index (Phi) is 10.4. The minimum atomic E-state index is 0. The lowest BCUT2D eigenvalue weighted by atomic mass is 10.1. The Bertz CT molecular complexity index is 860. The van der Waals surface area contributed by atoms with Crippen LogP contribution in [0.25, 0.3) is 0 Å². The number of nitrogens with zero attached hydrogens (tertiary/aromatic N) is 3. The molecular formula is C24H36IN5O2. The molecule has 3 rings (SSSR count). The van der Waals surface area contributed by atoms with Crippen LogP contribution in [0.2, 0.25) is 0 Å². The van der Waals surface area contributed by atoms with E-state index in [9.17, 15) is 0 Å². The van der Waals surface area contributed by atoms with Gasteiger partial charge in [-0.2, -0.15) is 0 Å². The molecule has 0 bridgehead atoms. The number of benzene rings is 2. The summed E-state index contributed by atoms with van der Waals surface area (Å²) < 4.78 is 10.8. The van der Waals surface area contributed by atoms with Gasteiger partial charge in [0.25, 0.3) is 0 Å². The third-order valence-corrected chi connectivity index (χ3v) is 5.77. The third kappa shape index (κ3) is 6.65. The molecule has 1 fully saturated rings. The molecule has 2 aromatic rings. The molecule has 0 amide bonds. The summed E-state index contributed by atoms with van der Waals surface area (Å²) in [4.78, 5) is 9.02. The van der Waals surface area contributed by atoms with E-state index in [1.54, 1.807) is 14.2 Å². The van der Waals surface area contributed by atoms with Gasteiger partial charge in [-0.1, -0.05) is 24.3 Å². The van der Waals surface area contributed by atoms with Crippen LogP contribution in [0.15, 0.2) is 53.5 Å². The summed E-state index contributed by atoms with van der Waals surface area (Å²) in [6.07, 6.45) is 1.05. The van der Waals surface area contributed by atoms with Crippen LogP contribution in [0.4, 0.5) is 5.69 Å². The number of rotatable bonds is 8. The molecule has 7 nitrogen and oxygen atoms in total. The fraction of sp³-hybridized carbons (Fsp3) is 0.458. The van der Waals surface area contributed by atoms with E-state index in [-0.39, 0.29) is 30.0 Å². The monoisotopic (exact) mass is 553 g/mol. The largest absolute Gasteiger partial charge is 0.497 e. The van der Waals surface area contributed by atoms with Gasteiger partial charge in [0.1, 0.15) is 11.5 Å². The molecule has 2 atom stereocenters. The first kappa shape index (κ1) is 26.1. The number of aliphatic imine (C=N–C) groups is 1. The van der Waals surface area contributed by atoms with Gasteiger partial charge in [-0.3, -0.25) is 4.99 Å². The van der Waals surface area contributed by atoms with E-state index in [4.69, 9.17) is 9.47 Å². The highest BCUT2D eigenvalue weighted by atomic mass is 127. The summed E-state index contributed by atoms with van der Waals surface area (Å²) in [6, 6.07) is 17.0. The number of anilines is 1. The summed E-state index contributed by atoms with van der Waals surface area (Å²) in [7, 11) is 9.41. The summed E-state index contributed by atoms with van der Waals surface area (Å²) >= 11 is 0. The van der Waals surface area contributed by atoms with E-state index in [1.165, 1.54) is 5.56 Å². The Morgan fingerprint density at radius 1 is 1.12 bits per heavy atom. The zero-order valence-corrected chi connectivity index (χ0v) is 22.0. The molecule has 1 aliphatic rings. The SMILES string of the molecule is CN=C(NCC(c1ccc(OC)cc1)N(C)C)NC1CCN(c2ccccc2OC)C1.I. The van der Waals surface area contributed by atoms with Crippen LogP contribution in [-0.2, 0) is 0 Å². The van der Waals surface area contributed by atoms with E-state index in [0.29, 0.717) is 6.04 Å². The summed E-state index contributed by atoms with van der Waals surface area (Å²) in [5.41, 5.74) is 2.38. The zero-order valence-electron chi connectivity index (χ0n) is 19.7. The molecule has 176 valence electrons. The van der Waals surface area contributed by atoms with E-state index < -0.39 is 0 Å². The minimum absolute atomic E-state index is 0. The number of likely N-dealkylation sites (N-methyl/N-ethyl adjacent to an activating group) is 1. The number of methoxy groups -OCH3 is 2. The first-order valence-electron chi connectivity index (χ1n) is 10.7. The van der Waals surface area contributed by atoms with E-state index >= 15 is 0 Å². The van der Waals surface area contributed by atoms with Crippen molar-refractivity contribution in [3.63, 3.8) is 0 Å².